The van der Waals surface area contributed by atoms with Crippen LogP contribution in [0.25, 0.3) is 0 Å². The first-order valence-corrected chi connectivity index (χ1v) is 7.00. The van der Waals surface area contributed by atoms with Gasteiger partial charge in [-0.2, -0.15) is 0 Å². The summed E-state index contributed by atoms with van der Waals surface area (Å²) >= 11 is 0. The Hall–Kier alpha value is -1.84. The van der Waals surface area contributed by atoms with Crippen molar-refractivity contribution in [3.05, 3.63) is 29.8 Å². The van der Waals surface area contributed by atoms with Crippen LogP contribution < -0.4 is 4.74 Å². The van der Waals surface area contributed by atoms with E-state index in [-0.39, 0.29) is 30.4 Å². The third-order valence-corrected chi connectivity index (χ3v) is 2.98. The van der Waals surface area contributed by atoms with E-state index in [1.54, 1.807) is 36.1 Å². The summed E-state index contributed by atoms with van der Waals surface area (Å²) < 4.78 is 5.24. The van der Waals surface area contributed by atoms with Gasteiger partial charge in [0.25, 0.3) is 5.91 Å². The van der Waals surface area contributed by atoms with Gasteiger partial charge in [-0.3, -0.25) is 9.59 Å². The Labute approximate surface area is 120 Å². The normalized spacial score (nSPS) is 10.8. The molecule has 0 bridgehead atoms. The second kappa shape index (κ2) is 7.08. The summed E-state index contributed by atoms with van der Waals surface area (Å²) in [4.78, 5) is 25.9. The van der Waals surface area contributed by atoms with Gasteiger partial charge in [-0.15, -0.1) is 0 Å². The van der Waals surface area contributed by atoms with Crippen LogP contribution in [-0.2, 0) is 4.79 Å². The van der Waals surface area contributed by atoms with Crippen molar-refractivity contribution in [1.29, 1.82) is 0 Å². The fourth-order valence-corrected chi connectivity index (χ4v) is 2.13. The highest BCUT2D eigenvalue weighted by Crippen LogP contribution is 2.22. The molecular weight excluding hydrogens is 254 g/mol. The number of hydrogen-bond acceptors (Lipinski definition) is 3. The largest absolute Gasteiger partial charge is 0.426 e. The number of amides is 1. The van der Waals surface area contributed by atoms with Gasteiger partial charge >= 0.3 is 5.97 Å². The Morgan fingerprint density at radius 3 is 2.15 bits per heavy atom. The molecule has 0 fully saturated rings. The van der Waals surface area contributed by atoms with E-state index >= 15 is 0 Å². The summed E-state index contributed by atoms with van der Waals surface area (Å²) in [6, 6.07) is 7.03. The first-order valence-electron chi connectivity index (χ1n) is 7.00. The van der Waals surface area contributed by atoms with Gasteiger partial charge in [0.1, 0.15) is 5.75 Å². The molecule has 20 heavy (non-hydrogen) atoms. The Bertz CT molecular complexity index is 472. The van der Waals surface area contributed by atoms with Crippen molar-refractivity contribution in [2.24, 2.45) is 0 Å². The number of esters is 1. The van der Waals surface area contributed by atoms with E-state index in [9.17, 15) is 9.59 Å². The lowest BCUT2D eigenvalue weighted by atomic mass is 10.1. The summed E-state index contributed by atoms with van der Waals surface area (Å²) in [7, 11) is 0. The third kappa shape index (κ3) is 3.83. The van der Waals surface area contributed by atoms with Crippen LogP contribution in [0.4, 0.5) is 0 Å². The highest BCUT2D eigenvalue weighted by Gasteiger charge is 2.24. The van der Waals surface area contributed by atoms with Crippen molar-refractivity contribution >= 4 is 11.9 Å². The van der Waals surface area contributed by atoms with Crippen LogP contribution in [0.3, 0.4) is 0 Å². The molecule has 0 aromatic heterocycles. The molecule has 1 amide bonds. The van der Waals surface area contributed by atoms with Gasteiger partial charge in [0.2, 0.25) is 0 Å². The predicted molar refractivity (Wildman–Crippen MR) is 78.8 cm³/mol. The quantitative estimate of drug-likeness (QED) is 0.613. The van der Waals surface area contributed by atoms with E-state index in [4.69, 9.17) is 4.74 Å². The highest BCUT2D eigenvalue weighted by atomic mass is 16.5. The molecule has 0 radical (unpaired) electrons. The van der Waals surface area contributed by atoms with Crippen LogP contribution in [0.1, 0.15) is 51.4 Å². The van der Waals surface area contributed by atoms with E-state index in [2.05, 4.69) is 0 Å². The average Bonchev–Trinajstić information content (AvgIpc) is 2.38. The van der Waals surface area contributed by atoms with Crippen molar-refractivity contribution < 1.29 is 14.3 Å². The van der Waals surface area contributed by atoms with E-state index in [1.165, 1.54) is 0 Å². The lowest BCUT2D eigenvalue weighted by molar-refractivity contribution is -0.134. The van der Waals surface area contributed by atoms with E-state index in [1.807, 2.05) is 27.7 Å². The molecule has 0 heterocycles. The Balaban J connectivity index is 3.12. The second-order valence-electron chi connectivity index (χ2n) is 5.22. The van der Waals surface area contributed by atoms with Gasteiger partial charge in [-0.25, -0.2) is 0 Å². The Morgan fingerprint density at radius 2 is 1.65 bits per heavy atom. The van der Waals surface area contributed by atoms with E-state index in [0.717, 1.165) is 0 Å². The summed E-state index contributed by atoms with van der Waals surface area (Å²) in [6.45, 7) is 9.61. The number of benzene rings is 1. The molecule has 110 valence electrons. The Morgan fingerprint density at radius 1 is 1.10 bits per heavy atom. The molecule has 0 saturated heterocycles. The summed E-state index contributed by atoms with van der Waals surface area (Å²) in [6.07, 6.45) is 0.278. The molecular formula is C16H23NO3. The molecule has 1 aromatic rings. The summed E-state index contributed by atoms with van der Waals surface area (Å²) in [5.41, 5.74) is 0.427. The summed E-state index contributed by atoms with van der Waals surface area (Å²) in [5.74, 6) is -0.129. The third-order valence-electron chi connectivity index (χ3n) is 2.98. The van der Waals surface area contributed by atoms with Crippen molar-refractivity contribution in [3.8, 4) is 5.75 Å². The standard InChI is InChI=1S/C16H23NO3/c1-6-15(18)20-14-10-8-7-9-13(14)16(19)17(11(2)3)12(4)5/h7-12H,6H2,1-5H3. The molecule has 1 aromatic carbocycles. The first kappa shape index (κ1) is 16.2. The second-order valence-corrected chi connectivity index (χ2v) is 5.22. The van der Waals surface area contributed by atoms with Crippen LogP contribution in [0.2, 0.25) is 0 Å². The molecule has 0 N–H and O–H groups in total. The smallest absolute Gasteiger partial charge is 0.310 e. The summed E-state index contributed by atoms with van der Waals surface area (Å²) in [5, 5.41) is 0. The topological polar surface area (TPSA) is 46.6 Å². The van der Waals surface area contributed by atoms with E-state index in [0.29, 0.717) is 11.3 Å². The molecule has 4 heteroatoms. The number of rotatable bonds is 5. The average molecular weight is 277 g/mol. The SMILES string of the molecule is CCC(=O)Oc1ccccc1C(=O)N(C(C)C)C(C)C. The monoisotopic (exact) mass is 277 g/mol. The van der Waals surface area contributed by atoms with Crippen LogP contribution in [-0.4, -0.2) is 28.9 Å². The minimum Gasteiger partial charge on any atom is -0.426 e. The van der Waals surface area contributed by atoms with Gasteiger partial charge < -0.3 is 9.64 Å². The number of carbonyl (C=O) groups is 2. The number of nitrogens with zero attached hydrogens (tertiary/aromatic N) is 1. The zero-order valence-electron chi connectivity index (χ0n) is 12.8. The van der Waals surface area contributed by atoms with Crippen molar-refractivity contribution in [1.82, 2.24) is 4.90 Å². The lowest BCUT2D eigenvalue weighted by Gasteiger charge is -2.31. The molecule has 0 aliphatic rings. The van der Waals surface area contributed by atoms with Crippen LogP contribution in [0, 0.1) is 0 Å². The van der Waals surface area contributed by atoms with Crippen LogP contribution >= 0.6 is 0 Å². The fraction of sp³-hybridized carbons (Fsp3) is 0.500. The fourth-order valence-electron chi connectivity index (χ4n) is 2.13. The minimum absolute atomic E-state index is 0.0810. The maximum absolute atomic E-state index is 12.7. The first-order chi connectivity index (χ1) is 9.38. The van der Waals surface area contributed by atoms with Gasteiger partial charge in [0.15, 0.2) is 0 Å². The van der Waals surface area contributed by atoms with Crippen molar-refractivity contribution in [2.75, 3.05) is 0 Å². The lowest BCUT2D eigenvalue weighted by Crippen LogP contribution is -2.42. The number of hydrogen-bond donors (Lipinski definition) is 0. The molecule has 0 aliphatic carbocycles. The number of para-hydroxylation sites is 1. The molecule has 1 rings (SSSR count). The van der Waals surface area contributed by atoms with Crippen molar-refractivity contribution in [2.45, 2.75) is 53.1 Å². The molecule has 4 nitrogen and oxygen atoms in total. The minimum atomic E-state index is -0.342. The van der Waals surface area contributed by atoms with Gasteiger partial charge in [-0.1, -0.05) is 19.1 Å². The zero-order valence-corrected chi connectivity index (χ0v) is 12.8. The predicted octanol–water partition coefficient (Wildman–Crippen LogP) is 3.26. The number of carbonyl (C=O) groups excluding carboxylic acids is 2. The van der Waals surface area contributed by atoms with E-state index < -0.39 is 0 Å². The van der Waals surface area contributed by atoms with Crippen LogP contribution in [0.5, 0.6) is 5.75 Å². The van der Waals surface area contributed by atoms with Crippen molar-refractivity contribution in [3.63, 3.8) is 0 Å². The maximum Gasteiger partial charge on any atom is 0.310 e. The molecule has 0 atom stereocenters. The van der Waals surface area contributed by atoms with Gasteiger partial charge in [0, 0.05) is 18.5 Å². The highest BCUT2D eigenvalue weighted by molar-refractivity contribution is 5.98. The zero-order chi connectivity index (χ0) is 15.3. The number of ether oxygens (including phenoxy) is 1. The Kier molecular flexibility index (Phi) is 5.74. The van der Waals surface area contributed by atoms with Gasteiger partial charge in [0.05, 0.1) is 5.56 Å². The molecule has 0 saturated carbocycles. The van der Waals surface area contributed by atoms with Gasteiger partial charge in [-0.05, 0) is 39.8 Å². The van der Waals surface area contributed by atoms with Crippen LogP contribution in [0.15, 0.2) is 24.3 Å². The molecule has 0 aliphatic heterocycles. The maximum atomic E-state index is 12.7. The molecule has 0 spiro atoms. The molecule has 0 unspecified atom stereocenters.